The van der Waals surface area contributed by atoms with Crippen molar-refractivity contribution in [2.24, 2.45) is 5.41 Å². The van der Waals surface area contributed by atoms with Crippen molar-refractivity contribution in [2.45, 2.75) is 76.0 Å². The molecule has 130 valence electrons. The number of benzene rings is 1. The molecule has 0 saturated heterocycles. The van der Waals surface area contributed by atoms with E-state index in [1.807, 2.05) is 32.9 Å². The molecule has 3 nitrogen and oxygen atoms in total. The predicted octanol–water partition coefficient (Wildman–Crippen LogP) is 4.11. The largest absolute Gasteiger partial charge is 0.312 e. The highest BCUT2D eigenvalue weighted by atomic mass is 32.2. The Bertz CT molecular complexity index is 637. The minimum Gasteiger partial charge on any atom is -0.312 e. The van der Waals surface area contributed by atoms with E-state index in [9.17, 15) is 8.42 Å². The summed E-state index contributed by atoms with van der Waals surface area (Å²) in [5.41, 5.74) is 1.41. The van der Waals surface area contributed by atoms with Gasteiger partial charge in [-0.05, 0) is 69.6 Å². The predicted molar refractivity (Wildman–Crippen MR) is 96.5 cm³/mol. The van der Waals surface area contributed by atoms with E-state index in [1.165, 1.54) is 12.8 Å². The van der Waals surface area contributed by atoms with Gasteiger partial charge < -0.3 is 5.32 Å². The van der Waals surface area contributed by atoms with Crippen LogP contribution < -0.4 is 5.32 Å². The fourth-order valence-corrected chi connectivity index (χ4v) is 4.70. The van der Waals surface area contributed by atoms with Gasteiger partial charge in [-0.3, -0.25) is 0 Å². The number of hydrogen-bond donors (Lipinski definition) is 1. The van der Waals surface area contributed by atoms with Crippen LogP contribution >= 0.6 is 0 Å². The number of sulfone groups is 1. The molecule has 4 heteroatoms. The Morgan fingerprint density at radius 2 is 1.83 bits per heavy atom. The first-order valence-electron chi connectivity index (χ1n) is 8.58. The number of hydrogen-bond acceptors (Lipinski definition) is 3. The minimum atomic E-state index is -3.35. The van der Waals surface area contributed by atoms with Gasteiger partial charge in [0.1, 0.15) is 0 Å². The van der Waals surface area contributed by atoms with Gasteiger partial charge in [-0.1, -0.05) is 26.0 Å². The van der Waals surface area contributed by atoms with Crippen LogP contribution in [0, 0.1) is 12.3 Å². The van der Waals surface area contributed by atoms with Crippen molar-refractivity contribution in [1.82, 2.24) is 5.32 Å². The summed E-state index contributed by atoms with van der Waals surface area (Å²) in [5.74, 6) is 0. The van der Waals surface area contributed by atoms with E-state index in [2.05, 4.69) is 19.2 Å². The van der Waals surface area contributed by atoms with Gasteiger partial charge in [0.15, 0.2) is 9.84 Å². The Morgan fingerprint density at radius 3 is 2.39 bits per heavy atom. The molecule has 0 unspecified atom stereocenters. The lowest BCUT2D eigenvalue weighted by molar-refractivity contribution is 0.205. The molecule has 1 N–H and O–H groups in total. The van der Waals surface area contributed by atoms with Crippen LogP contribution in [0.15, 0.2) is 29.2 Å². The first-order valence-corrected chi connectivity index (χ1v) is 10.1. The fraction of sp³-hybridized carbons (Fsp3) is 0.684. The molecule has 23 heavy (non-hydrogen) atoms. The van der Waals surface area contributed by atoms with E-state index in [0.717, 1.165) is 18.4 Å². The van der Waals surface area contributed by atoms with Crippen molar-refractivity contribution in [2.75, 3.05) is 6.54 Å². The van der Waals surface area contributed by atoms with Crippen LogP contribution in [-0.2, 0) is 9.84 Å². The van der Waals surface area contributed by atoms with Gasteiger partial charge >= 0.3 is 0 Å². The molecule has 0 heterocycles. The highest BCUT2D eigenvalue weighted by molar-refractivity contribution is 7.92. The Kier molecular flexibility index (Phi) is 5.27. The van der Waals surface area contributed by atoms with Gasteiger partial charge in [0, 0.05) is 12.6 Å². The summed E-state index contributed by atoms with van der Waals surface area (Å²) in [4.78, 5) is 0.425. The summed E-state index contributed by atoms with van der Waals surface area (Å²) in [7, 11) is -3.35. The minimum absolute atomic E-state index is 0.425. The third-order valence-corrected chi connectivity index (χ3v) is 7.66. The second kappa shape index (κ2) is 6.56. The molecule has 0 radical (unpaired) electrons. The van der Waals surface area contributed by atoms with Crippen LogP contribution in [0.3, 0.4) is 0 Å². The lowest BCUT2D eigenvalue weighted by Crippen LogP contribution is -2.47. The average Bonchev–Trinajstić information content (AvgIpc) is 2.46. The van der Waals surface area contributed by atoms with Gasteiger partial charge in [0.05, 0.1) is 9.64 Å². The SMILES string of the molecule is Cc1cccc(S(=O)(=O)C(C)(C)CNC2CCC(C)(C)CC2)c1. The molecule has 1 aliphatic rings. The molecule has 1 aromatic carbocycles. The molecular weight excluding hydrogens is 306 g/mol. The summed E-state index contributed by atoms with van der Waals surface area (Å²) in [6, 6.07) is 7.64. The van der Waals surface area contributed by atoms with Crippen molar-refractivity contribution >= 4 is 9.84 Å². The zero-order chi connectivity index (χ0) is 17.3. The van der Waals surface area contributed by atoms with Gasteiger partial charge in [-0.25, -0.2) is 8.42 Å². The topological polar surface area (TPSA) is 46.2 Å². The van der Waals surface area contributed by atoms with Gasteiger partial charge in [-0.15, -0.1) is 0 Å². The first-order chi connectivity index (χ1) is 10.5. The van der Waals surface area contributed by atoms with Crippen molar-refractivity contribution in [3.8, 4) is 0 Å². The highest BCUT2D eigenvalue weighted by Crippen LogP contribution is 2.35. The van der Waals surface area contributed by atoms with Crippen molar-refractivity contribution in [3.63, 3.8) is 0 Å². The van der Waals surface area contributed by atoms with E-state index < -0.39 is 14.6 Å². The van der Waals surface area contributed by atoms with Gasteiger partial charge in [-0.2, -0.15) is 0 Å². The van der Waals surface area contributed by atoms with Crippen LogP contribution in [-0.4, -0.2) is 25.8 Å². The van der Waals surface area contributed by atoms with Crippen LogP contribution in [0.4, 0.5) is 0 Å². The normalized spacial score (nSPS) is 19.7. The summed E-state index contributed by atoms with van der Waals surface area (Å²) in [6.45, 7) is 10.7. The van der Waals surface area contributed by atoms with Gasteiger partial charge in [0.2, 0.25) is 0 Å². The molecule has 0 aromatic heterocycles. The third kappa shape index (κ3) is 4.36. The zero-order valence-corrected chi connectivity index (χ0v) is 16.0. The number of nitrogens with one attached hydrogen (secondary N) is 1. The molecular formula is C19H31NO2S. The summed E-state index contributed by atoms with van der Waals surface area (Å²) in [5, 5.41) is 3.51. The molecule has 0 amide bonds. The second-order valence-electron chi connectivity index (χ2n) is 8.40. The molecule has 1 aliphatic carbocycles. The van der Waals surface area contributed by atoms with Crippen LogP contribution in [0.25, 0.3) is 0 Å². The monoisotopic (exact) mass is 337 g/mol. The van der Waals surface area contributed by atoms with Gasteiger partial charge in [0.25, 0.3) is 0 Å². The van der Waals surface area contributed by atoms with Crippen molar-refractivity contribution in [1.29, 1.82) is 0 Å². The standard InChI is InChI=1S/C19H31NO2S/c1-15-7-6-8-17(13-15)23(21,22)19(4,5)14-20-16-9-11-18(2,3)12-10-16/h6-8,13,16,20H,9-12,14H2,1-5H3. The molecule has 0 spiro atoms. The maximum absolute atomic E-state index is 12.9. The Hall–Kier alpha value is -0.870. The summed E-state index contributed by atoms with van der Waals surface area (Å²) >= 11 is 0. The second-order valence-corrected chi connectivity index (χ2v) is 11.0. The van der Waals surface area contributed by atoms with E-state index in [1.54, 1.807) is 12.1 Å². The van der Waals surface area contributed by atoms with Crippen molar-refractivity contribution in [3.05, 3.63) is 29.8 Å². The van der Waals surface area contributed by atoms with Crippen molar-refractivity contribution < 1.29 is 8.42 Å². The Morgan fingerprint density at radius 1 is 1.22 bits per heavy atom. The fourth-order valence-electron chi connectivity index (χ4n) is 3.19. The van der Waals surface area contributed by atoms with E-state index >= 15 is 0 Å². The Balaban J connectivity index is 2.04. The maximum atomic E-state index is 12.9. The average molecular weight is 338 g/mol. The zero-order valence-electron chi connectivity index (χ0n) is 15.1. The van der Waals surface area contributed by atoms with E-state index in [-0.39, 0.29) is 0 Å². The molecule has 1 fully saturated rings. The summed E-state index contributed by atoms with van der Waals surface area (Å²) < 4.78 is 25.1. The lowest BCUT2D eigenvalue weighted by atomic mass is 9.75. The molecule has 0 atom stereocenters. The molecule has 0 aliphatic heterocycles. The highest BCUT2D eigenvalue weighted by Gasteiger charge is 2.36. The molecule has 1 aromatic rings. The molecule has 0 bridgehead atoms. The quantitative estimate of drug-likeness (QED) is 0.879. The number of rotatable bonds is 5. The van der Waals surface area contributed by atoms with Crippen LogP contribution in [0.1, 0.15) is 58.9 Å². The van der Waals surface area contributed by atoms with Crippen LogP contribution in [0.2, 0.25) is 0 Å². The molecule has 1 saturated carbocycles. The smallest absolute Gasteiger partial charge is 0.184 e. The Labute approximate surface area is 141 Å². The maximum Gasteiger partial charge on any atom is 0.184 e. The summed E-state index contributed by atoms with van der Waals surface area (Å²) in [6.07, 6.45) is 4.67. The number of aryl methyl sites for hydroxylation is 1. The van der Waals surface area contributed by atoms with Crippen LogP contribution in [0.5, 0.6) is 0 Å². The molecule has 2 rings (SSSR count). The lowest BCUT2D eigenvalue weighted by Gasteiger charge is -2.36. The van der Waals surface area contributed by atoms with E-state index in [0.29, 0.717) is 22.9 Å². The van der Waals surface area contributed by atoms with E-state index in [4.69, 9.17) is 0 Å². The first kappa shape index (κ1) is 18.5. The third-order valence-electron chi connectivity index (χ3n) is 5.18.